The number of cyclic esters (lactones) is 1. The number of fused-ring (bicyclic) bond motifs is 3. The van der Waals surface area contributed by atoms with E-state index in [2.05, 4.69) is 27.5 Å². The number of morpholine rings is 1. The second-order valence-electron chi connectivity index (χ2n) is 15.8. The van der Waals surface area contributed by atoms with Gasteiger partial charge in [-0.05, 0) is 64.7 Å². The van der Waals surface area contributed by atoms with Crippen LogP contribution in [0.25, 0.3) is 0 Å². The molecule has 0 saturated carbocycles. The molecule has 66 heavy (non-hydrogen) atoms. The Balaban J connectivity index is 1.41. The Labute approximate surface area is 381 Å². The Kier molecular flexibility index (Phi) is 13.7. The van der Waals surface area contributed by atoms with Gasteiger partial charge < -0.3 is 40.4 Å². The fraction of sp³-hybridized carbons (Fsp3) is 0.280. The molecule has 0 radical (unpaired) electrons. The second kappa shape index (κ2) is 20.1. The number of aromatic nitrogens is 1. The average Bonchev–Trinajstić information content (AvgIpc) is 3.79. The maximum atomic E-state index is 16.2. The first kappa shape index (κ1) is 45.0. The molecule has 338 valence electrons. The number of aliphatic hydroxyl groups excluding tert-OH is 1. The molecule has 2 fully saturated rings. The lowest BCUT2D eigenvalue weighted by molar-refractivity contribution is -0.178. The number of primary amides is 1. The Morgan fingerprint density at radius 3 is 2.26 bits per heavy atom. The number of benzene rings is 4. The van der Waals surface area contributed by atoms with E-state index in [4.69, 9.17) is 24.7 Å². The lowest BCUT2D eigenvalue weighted by atomic mass is 9.65. The van der Waals surface area contributed by atoms with Crippen molar-refractivity contribution < 1.29 is 48.0 Å². The zero-order chi connectivity index (χ0) is 46.2. The SMILES string of the molecule is COCCOC(=O)N1C(=O)[C@@]2(c3cc(C#CCNC(N)=O)ccc31)[C@H](C(=O)NCCc1ccccn1)[C@H]1C(=O)O[C@H](c3ccccc3)[C@H](c3ccccc3)N1[C@@H]2c1ccc(OCCO)cc1. The van der Waals surface area contributed by atoms with Crippen molar-refractivity contribution in [2.24, 2.45) is 11.7 Å². The van der Waals surface area contributed by atoms with Gasteiger partial charge >= 0.3 is 18.1 Å². The van der Waals surface area contributed by atoms with Crippen LogP contribution in [0.2, 0.25) is 0 Å². The van der Waals surface area contributed by atoms with E-state index >= 15 is 14.4 Å². The van der Waals surface area contributed by atoms with E-state index in [0.29, 0.717) is 34.6 Å². The summed E-state index contributed by atoms with van der Waals surface area (Å²) in [5.41, 5.74) is 6.55. The Hall–Kier alpha value is -7.58. The molecule has 16 nitrogen and oxygen atoms in total. The molecule has 3 aliphatic heterocycles. The van der Waals surface area contributed by atoms with Gasteiger partial charge in [0.1, 0.15) is 36.5 Å². The van der Waals surface area contributed by atoms with Crippen molar-refractivity contribution in [3.8, 4) is 17.6 Å². The number of amides is 5. The number of ether oxygens (including phenoxy) is 4. The Morgan fingerprint density at radius 2 is 1.58 bits per heavy atom. The summed E-state index contributed by atoms with van der Waals surface area (Å²) in [5.74, 6) is 2.54. The van der Waals surface area contributed by atoms with Gasteiger partial charge in [0.25, 0.3) is 0 Å². The maximum absolute atomic E-state index is 16.2. The third-order valence-electron chi connectivity index (χ3n) is 12.0. The summed E-state index contributed by atoms with van der Waals surface area (Å²) < 4.78 is 23.1. The number of carbonyl (C=O) groups is 5. The fourth-order valence-corrected chi connectivity index (χ4v) is 9.40. The van der Waals surface area contributed by atoms with Gasteiger partial charge in [-0.2, -0.15) is 0 Å². The predicted octanol–water partition coefficient (Wildman–Crippen LogP) is 4.28. The van der Waals surface area contributed by atoms with Crippen molar-refractivity contribution in [3.63, 3.8) is 0 Å². The summed E-state index contributed by atoms with van der Waals surface area (Å²) in [6.45, 7) is -0.368. The van der Waals surface area contributed by atoms with Crippen molar-refractivity contribution in [1.29, 1.82) is 0 Å². The number of carbonyl (C=O) groups excluding carboxylic acids is 5. The Morgan fingerprint density at radius 1 is 0.848 bits per heavy atom. The highest BCUT2D eigenvalue weighted by Gasteiger charge is 2.75. The highest BCUT2D eigenvalue weighted by Crippen LogP contribution is 2.66. The fourth-order valence-electron chi connectivity index (χ4n) is 9.40. The summed E-state index contributed by atoms with van der Waals surface area (Å²) in [6, 6.07) is 31.6. The quantitative estimate of drug-likeness (QED) is 0.0700. The van der Waals surface area contributed by atoms with Crippen LogP contribution in [-0.2, 0) is 40.4 Å². The van der Waals surface area contributed by atoms with Crippen LogP contribution in [0, 0.1) is 17.8 Å². The van der Waals surface area contributed by atoms with E-state index in [0.717, 1.165) is 10.5 Å². The molecule has 5 aromatic rings. The minimum atomic E-state index is -2.07. The number of nitrogens with two attached hydrogens (primary N) is 1. The van der Waals surface area contributed by atoms with Crippen molar-refractivity contribution in [3.05, 3.63) is 161 Å². The van der Waals surface area contributed by atoms with Crippen molar-refractivity contribution in [1.82, 2.24) is 20.5 Å². The molecule has 0 unspecified atom stereocenters. The molecule has 4 aromatic carbocycles. The Bertz CT molecular complexity index is 2630. The molecule has 4 heterocycles. The minimum Gasteiger partial charge on any atom is -0.491 e. The number of nitrogens with zero attached hydrogens (tertiary/aromatic N) is 3. The zero-order valence-corrected chi connectivity index (χ0v) is 36.0. The van der Waals surface area contributed by atoms with Crippen LogP contribution in [0.5, 0.6) is 5.75 Å². The number of imide groups is 1. The highest BCUT2D eigenvalue weighted by molar-refractivity contribution is 6.23. The number of esters is 1. The third-order valence-corrected chi connectivity index (χ3v) is 12.0. The molecule has 1 aromatic heterocycles. The molecular weight excluding hydrogens is 845 g/mol. The number of hydrogen-bond donors (Lipinski definition) is 4. The number of aliphatic hydroxyl groups is 1. The van der Waals surface area contributed by atoms with Crippen molar-refractivity contribution in [2.75, 3.05) is 51.5 Å². The van der Waals surface area contributed by atoms with E-state index in [1.165, 1.54) is 7.11 Å². The lowest BCUT2D eigenvalue weighted by Crippen LogP contribution is -2.56. The normalized spacial score (nSPS) is 21.8. The smallest absolute Gasteiger partial charge is 0.421 e. The predicted molar refractivity (Wildman–Crippen MR) is 240 cm³/mol. The van der Waals surface area contributed by atoms with Gasteiger partial charge in [0.05, 0.1) is 43.4 Å². The van der Waals surface area contributed by atoms with Crippen molar-refractivity contribution in [2.45, 2.75) is 36.1 Å². The summed E-state index contributed by atoms with van der Waals surface area (Å²) in [6.07, 6.45) is 0.0228. The van der Waals surface area contributed by atoms with Gasteiger partial charge in [0, 0.05) is 37.5 Å². The minimum absolute atomic E-state index is 0.0209. The molecule has 6 atom stereocenters. The summed E-state index contributed by atoms with van der Waals surface area (Å²) in [7, 11) is 1.45. The topological polar surface area (TPSA) is 212 Å². The summed E-state index contributed by atoms with van der Waals surface area (Å²) >= 11 is 0. The van der Waals surface area contributed by atoms with Gasteiger partial charge in [-0.1, -0.05) is 90.7 Å². The molecule has 5 N–H and O–H groups in total. The van der Waals surface area contributed by atoms with E-state index in [9.17, 15) is 14.7 Å². The summed E-state index contributed by atoms with van der Waals surface area (Å²) in [5, 5.41) is 15.0. The average molecular weight is 893 g/mol. The van der Waals surface area contributed by atoms with Crippen molar-refractivity contribution >= 4 is 35.6 Å². The monoisotopic (exact) mass is 892 g/mol. The van der Waals surface area contributed by atoms with Gasteiger partial charge in [-0.3, -0.25) is 24.3 Å². The molecule has 2 saturated heterocycles. The van der Waals surface area contributed by atoms with Crippen LogP contribution < -0.4 is 26.0 Å². The van der Waals surface area contributed by atoms with Gasteiger partial charge in [0.15, 0.2) is 0 Å². The van der Waals surface area contributed by atoms with Gasteiger partial charge in [-0.15, -0.1) is 0 Å². The van der Waals surface area contributed by atoms with E-state index in [1.807, 2.05) is 77.7 Å². The number of pyridine rings is 1. The van der Waals surface area contributed by atoms with Gasteiger partial charge in [-0.25, -0.2) is 14.5 Å². The number of nitrogens with one attached hydrogen (secondary N) is 2. The first-order valence-electron chi connectivity index (χ1n) is 21.4. The number of anilines is 1. The molecular formula is C50H48N6O10. The number of rotatable bonds is 14. The van der Waals surface area contributed by atoms with Crippen LogP contribution in [0.3, 0.4) is 0 Å². The first-order chi connectivity index (χ1) is 32.2. The van der Waals surface area contributed by atoms with Crippen LogP contribution in [0.1, 0.15) is 51.7 Å². The number of methoxy groups -OCH3 is 1. The molecule has 16 heteroatoms. The van der Waals surface area contributed by atoms with Crippen LogP contribution in [0.4, 0.5) is 15.3 Å². The van der Waals surface area contributed by atoms with E-state index < -0.39 is 65.5 Å². The lowest BCUT2D eigenvalue weighted by Gasteiger charge is -2.46. The summed E-state index contributed by atoms with van der Waals surface area (Å²) in [4.78, 5) is 80.2. The van der Waals surface area contributed by atoms with Crippen LogP contribution in [-0.4, -0.2) is 97.6 Å². The van der Waals surface area contributed by atoms with Gasteiger partial charge in [0.2, 0.25) is 11.8 Å². The van der Waals surface area contributed by atoms with Crippen LogP contribution in [0.15, 0.2) is 128 Å². The largest absolute Gasteiger partial charge is 0.491 e. The molecule has 3 aliphatic rings. The molecule has 0 aliphatic carbocycles. The first-order valence-corrected chi connectivity index (χ1v) is 21.4. The highest BCUT2D eigenvalue weighted by atomic mass is 16.6. The maximum Gasteiger partial charge on any atom is 0.421 e. The molecule has 5 amide bonds. The second-order valence-corrected chi connectivity index (χ2v) is 15.8. The molecule has 8 rings (SSSR count). The molecule has 0 bridgehead atoms. The van der Waals surface area contributed by atoms with E-state index in [-0.39, 0.29) is 50.8 Å². The standard InChI is InChI=1S/C50H48N6O10/c1-63-29-30-65-49(62)55-39-22-17-32(11-10-25-54-48(51)61)31-38(39)50(47(55)60)40(45(58)53-26-23-36-16-8-9-24-52-36)42-46(59)66-43(34-14-6-3-7-15-34)41(33-12-4-2-5-13-33)56(42)44(50)35-18-20-37(21-19-35)64-28-27-57/h2-9,12-22,24,31,40-44,57H,23,25-30H2,1H3,(H,53,58)(H3,51,54,61)/t40-,41-,42-,43+,44+,50-/m0/s1. The zero-order valence-electron chi connectivity index (χ0n) is 36.0. The van der Waals surface area contributed by atoms with E-state index in [1.54, 1.807) is 54.7 Å². The molecule has 1 spiro atoms. The van der Waals surface area contributed by atoms with Crippen LogP contribution >= 0.6 is 0 Å². The third kappa shape index (κ3) is 8.66. The number of urea groups is 1. The number of hydrogen-bond acceptors (Lipinski definition) is 12.